The quantitative estimate of drug-likeness (QED) is 0.175. The van der Waals surface area contributed by atoms with E-state index in [0.717, 1.165) is 42.4 Å². The molecule has 2 bridgehead atoms. The van der Waals surface area contributed by atoms with Gasteiger partial charge >= 0.3 is 6.03 Å². The van der Waals surface area contributed by atoms with Crippen LogP contribution in [0.1, 0.15) is 84.8 Å². The molecule has 7 rings (SSSR count). The van der Waals surface area contributed by atoms with Crippen LogP contribution in [0.3, 0.4) is 0 Å². The number of benzene rings is 4. The molecule has 3 N–H and O–H groups in total. The fourth-order valence-corrected chi connectivity index (χ4v) is 8.38. The fraction of sp³-hybridized carbons (Fsp3) is 0.375. The van der Waals surface area contributed by atoms with Crippen LogP contribution in [0.15, 0.2) is 115 Å². The van der Waals surface area contributed by atoms with Crippen molar-refractivity contribution in [2.75, 3.05) is 6.54 Å². The van der Waals surface area contributed by atoms with Crippen LogP contribution in [0.25, 0.3) is 0 Å². The maximum absolute atomic E-state index is 13.6. The Morgan fingerprint density at radius 1 is 0.711 bits per heavy atom. The summed E-state index contributed by atoms with van der Waals surface area (Å²) in [6.07, 6.45) is 8.60. The normalized spacial score (nSPS) is 23.3. The van der Waals surface area contributed by atoms with Gasteiger partial charge in [0.2, 0.25) is 0 Å². The molecule has 5 nitrogen and oxygen atoms in total. The highest BCUT2D eigenvalue weighted by molar-refractivity contribution is 5.75. The van der Waals surface area contributed by atoms with Crippen LogP contribution in [0, 0.1) is 5.92 Å². The van der Waals surface area contributed by atoms with Gasteiger partial charge in [-0.15, -0.1) is 0 Å². The molecule has 4 aromatic carbocycles. The number of hydrogen-bond acceptors (Lipinski definition) is 3. The highest BCUT2D eigenvalue weighted by Gasteiger charge is 2.44. The summed E-state index contributed by atoms with van der Waals surface area (Å²) < 4.78 is 0. The predicted octanol–water partition coefficient (Wildman–Crippen LogP) is 7.67. The second-order valence-corrected chi connectivity index (χ2v) is 13.3. The van der Waals surface area contributed by atoms with Crippen molar-refractivity contribution in [1.82, 2.24) is 15.5 Å². The molecule has 3 aliphatic rings. The first-order valence-electron chi connectivity index (χ1n) is 16.9. The van der Waals surface area contributed by atoms with E-state index in [1.165, 1.54) is 25.8 Å². The molecule has 0 aromatic heterocycles. The Morgan fingerprint density at radius 2 is 1.22 bits per heavy atom. The SMILES string of the molecule is O=C(N[C@H](Cc1ccccc1)C(O)(c1ccccc1)c1ccccc1)N[C@H]1CC[C@H](CCN2[C@@H]3CC[C@H]2c2ccccc23)CC1. The lowest BCUT2D eigenvalue weighted by Gasteiger charge is -2.38. The first-order chi connectivity index (χ1) is 22.1. The third kappa shape index (κ3) is 6.16. The van der Waals surface area contributed by atoms with Crippen molar-refractivity contribution in [3.8, 4) is 0 Å². The summed E-state index contributed by atoms with van der Waals surface area (Å²) in [7, 11) is 0. The standard InChI is InChI=1S/C40H45N3O2/c44-39(41-33-22-20-29(21-23-33)26-27-43-36-24-25-37(43)35-19-11-10-18-34(35)36)42-38(28-30-12-4-1-5-13-30)40(45,31-14-6-2-7-15-31)32-16-8-3-9-17-32/h1-19,29,33,36-38,45H,20-28H2,(H2,41,42,44)/t29-,33-,36-,37+,38-/m1/s1. The molecule has 5 heteroatoms. The van der Waals surface area contributed by atoms with E-state index in [1.807, 2.05) is 78.9 Å². The smallest absolute Gasteiger partial charge is 0.315 e. The highest BCUT2D eigenvalue weighted by Crippen LogP contribution is 2.53. The molecule has 1 saturated carbocycles. The number of carbonyl (C=O) groups excluding carboxylic acids is 1. The molecule has 0 unspecified atom stereocenters. The number of amides is 2. The van der Waals surface area contributed by atoms with Crippen molar-refractivity contribution in [2.45, 2.75) is 81.1 Å². The first-order valence-corrected chi connectivity index (χ1v) is 16.9. The van der Waals surface area contributed by atoms with E-state index in [-0.39, 0.29) is 12.1 Å². The molecule has 4 aromatic rings. The Morgan fingerprint density at radius 3 is 1.78 bits per heavy atom. The molecule has 45 heavy (non-hydrogen) atoms. The summed E-state index contributed by atoms with van der Waals surface area (Å²) >= 11 is 0. The average molecular weight is 600 g/mol. The summed E-state index contributed by atoms with van der Waals surface area (Å²) in [5, 5.41) is 19.1. The Hall–Kier alpha value is -3.93. The van der Waals surface area contributed by atoms with E-state index in [9.17, 15) is 9.90 Å². The maximum atomic E-state index is 13.6. The van der Waals surface area contributed by atoms with Gasteiger partial charge in [-0.25, -0.2) is 4.79 Å². The van der Waals surface area contributed by atoms with Gasteiger partial charge in [-0.2, -0.15) is 0 Å². The average Bonchev–Trinajstić information content (AvgIpc) is 3.65. The Bertz CT molecular complexity index is 1480. The van der Waals surface area contributed by atoms with Crippen LogP contribution in [-0.4, -0.2) is 34.7 Å². The van der Waals surface area contributed by atoms with Crippen molar-refractivity contribution in [3.05, 3.63) is 143 Å². The summed E-state index contributed by atoms with van der Waals surface area (Å²) in [5.41, 5.74) is 4.28. The predicted molar refractivity (Wildman–Crippen MR) is 180 cm³/mol. The van der Waals surface area contributed by atoms with Crippen LogP contribution in [0.2, 0.25) is 0 Å². The minimum atomic E-state index is -1.41. The van der Waals surface area contributed by atoms with E-state index in [2.05, 4.69) is 51.9 Å². The third-order valence-electron chi connectivity index (χ3n) is 10.7. The van der Waals surface area contributed by atoms with Gasteiger partial charge in [-0.1, -0.05) is 115 Å². The molecule has 1 aliphatic carbocycles. The summed E-state index contributed by atoms with van der Waals surface area (Å²) in [6, 6.07) is 39.1. The largest absolute Gasteiger partial charge is 0.378 e. The van der Waals surface area contributed by atoms with E-state index in [4.69, 9.17) is 0 Å². The Kier molecular flexibility index (Phi) is 8.73. The number of urea groups is 1. The van der Waals surface area contributed by atoms with E-state index < -0.39 is 11.6 Å². The van der Waals surface area contributed by atoms with Gasteiger partial charge in [0.05, 0.1) is 6.04 Å². The van der Waals surface area contributed by atoms with Crippen molar-refractivity contribution in [1.29, 1.82) is 0 Å². The summed E-state index contributed by atoms with van der Waals surface area (Å²) in [4.78, 5) is 16.4. The number of nitrogens with one attached hydrogen (secondary N) is 2. The Labute approximate surface area is 267 Å². The number of aliphatic hydroxyl groups is 1. The fourth-order valence-electron chi connectivity index (χ4n) is 8.38. The second kappa shape index (κ2) is 13.2. The highest BCUT2D eigenvalue weighted by atomic mass is 16.3. The van der Waals surface area contributed by atoms with Crippen molar-refractivity contribution in [3.63, 3.8) is 0 Å². The van der Waals surface area contributed by atoms with Gasteiger partial charge in [0.25, 0.3) is 0 Å². The van der Waals surface area contributed by atoms with Crippen molar-refractivity contribution < 1.29 is 9.90 Å². The molecule has 2 heterocycles. The van der Waals surface area contributed by atoms with Crippen LogP contribution in [0.5, 0.6) is 0 Å². The van der Waals surface area contributed by atoms with Crippen LogP contribution < -0.4 is 10.6 Å². The minimum absolute atomic E-state index is 0.146. The van der Waals surface area contributed by atoms with E-state index >= 15 is 0 Å². The lowest BCUT2D eigenvalue weighted by atomic mass is 9.77. The zero-order valence-corrected chi connectivity index (χ0v) is 26.0. The minimum Gasteiger partial charge on any atom is -0.378 e. The molecule has 3 atom stereocenters. The molecule has 2 amide bonds. The molecule has 232 valence electrons. The summed E-state index contributed by atoms with van der Waals surface area (Å²) in [5.74, 6) is 0.710. The van der Waals surface area contributed by atoms with Gasteiger partial charge in [0.1, 0.15) is 5.60 Å². The lowest BCUT2D eigenvalue weighted by molar-refractivity contribution is 0.0404. The number of carbonyl (C=O) groups is 1. The molecule has 2 fully saturated rings. The summed E-state index contributed by atoms with van der Waals surface area (Å²) in [6.45, 7) is 1.17. The molecule has 0 radical (unpaired) electrons. The van der Waals surface area contributed by atoms with Gasteiger partial charge in [0.15, 0.2) is 0 Å². The Balaban J connectivity index is 0.992. The maximum Gasteiger partial charge on any atom is 0.315 e. The van der Waals surface area contributed by atoms with Crippen molar-refractivity contribution in [2.24, 2.45) is 5.92 Å². The monoisotopic (exact) mass is 599 g/mol. The molecular weight excluding hydrogens is 554 g/mol. The molecule has 2 aliphatic heterocycles. The van der Waals surface area contributed by atoms with Gasteiger partial charge in [-0.3, -0.25) is 4.90 Å². The van der Waals surface area contributed by atoms with Crippen LogP contribution >= 0.6 is 0 Å². The van der Waals surface area contributed by atoms with Crippen LogP contribution in [0.4, 0.5) is 4.79 Å². The van der Waals surface area contributed by atoms with E-state index in [0.29, 0.717) is 24.4 Å². The number of fused-ring (bicyclic) bond motifs is 5. The van der Waals surface area contributed by atoms with E-state index in [1.54, 1.807) is 11.1 Å². The van der Waals surface area contributed by atoms with Crippen molar-refractivity contribution >= 4 is 6.03 Å². The third-order valence-corrected chi connectivity index (χ3v) is 10.7. The van der Waals surface area contributed by atoms with Crippen LogP contribution in [-0.2, 0) is 12.0 Å². The topological polar surface area (TPSA) is 64.6 Å². The first kappa shape index (κ1) is 29.8. The molecular formula is C40H45N3O2. The number of rotatable bonds is 10. The zero-order chi connectivity index (χ0) is 30.6. The molecule has 0 spiro atoms. The van der Waals surface area contributed by atoms with Gasteiger partial charge in [0, 0.05) is 18.1 Å². The lowest BCUT2D eigenvalue weighted by Crippen LogP contribution is -2.56. The number of hydrogen-bond donors (Lipinski definition) is 3. The molecule has 1 saturated heterocycles. The number of nitrogens with zero attached hydrogens (tertiary/aromatic N) is 1. The van der Waals surface area contributed by atoms with Gasteiger partial charge < -0.3 is 15.7 Å². The zero-order valence-electron chi connectivity index (χ0n) is 26.0. The second-order valence-electron chi connectivity index (χ2n) is 13.3. The van der Waals surface area contributed by atoms with Gasteiger partial charge in [-0.05, 0) is 91.6 Å².